The summed E-state index contributed by atoms with van der Waals surface area (Å²) < 4.78 is 0. The highest BCUT2D eigenvalue weighted by Gasteiger charge is 2.31. The summed E-state index contributed by atoms with van der Waals surface area (Å²) in [6, 6.07) is 34.8. The first-order valence-corrected chi connectivity index (χ1v) is 19.5. The first-order valence-electron chi connectivity index (χ1n) is 19.5. The van der Waals surface area contributed by atoms with E-state index in [-0.39, 0.29) is 34.3 Å². The lowest BCUT2D eigenvalue weighted by Gasteiger charge is -2.20. The van der Waals surface area contributed by atoms with E-state index in [0.717, 1.165) is 78.0 Å². The van der Waals surface area contributed by atoms with E-state index in [2.05, 4.69) is 20.6 Å². The second-order valence-electron chi connectivity index (χ2n) is 15.1. The minimum atomic E-state index is -1.03. The van der Waals surface area contributed by atoms with Crippen molar-refractivity contribution in [3.63, 3.8) is 0 Å². The van der Waals surface area contributed by atoms with Gasteiger partial charge in [0.2, 0.25) is 0 Å². The van der Waals surface area contributed by atoms with Crippen molar-refractivity contribution in [3.8, 4) is 0 Å². The third kappa shape index (κ3) is 6.93. The van der Waals surface area contributed by atoms with E-state index in [1.54, 1.807) is 72.8 Å². The number of H-pyrrole nitrogens is 2. The number of aromatic nitrogens is 2. The molecule has 2 aromatic heterocycles. The largest absolute Gasteiger partial charge is 0.478 e. The van der Waals surface area contributed by atoms with Crippen molar-refractivity contribution in [1.82, 2.24) is 20.6 Å². The molecule has 0 radical (unpaired) electrons. The van der Waals surface area contributed by atoms with Crippen LogP contribution in [0.4, 0.5) is 0 Å². The zero-order valence-electron chi connectivity index (χ0n) is 32.0. The molecule has 3 aliphatic heterocycles. The quantitative estimate of drug-likeness (QED) is 0.0867. The molecule has 6 aromatic rings. The average molecular weight is 799 g/mol. The molecule has 8 N–H and O–H groups in total. The molecule has 12 heteroatoms. The van der Waals surface area contributed by atoms with E-state index in [9.17, 15) is 39.6 Å². The van der Waals surface area contributed by atoms with Crippen LogP contribution in [0.15, 0.2) is 133 Å². The fourth-order valence-corrected chi connectivity index (χ4v) is 8.73. The molecule has 8 bridgehead atoms. The number of fused-ring (bicyclic) bond motifs is 8. The minimum absolute atomic E-state index is 0.164. The van der Waals surface area contributed by atoms with Gasteiger partial charge in [-0.15, -0.1) is 0 Å². The fourth-order valence-electron chi connectivity index (χ4n) is 8.73. The summed E-state index contributed by atoms with van der Waals surface area (Å²) >= 11 is 0. The minimum Gasteiger partial charge on any atom is -0.478 e. The van der Waals surface area contributed by atoms with Crippen LogP contribution in [0.1, 0.15) is 101 Å². The number of hydrogen-bond acceptors (Lipinski definition) is 6. The third-order valence-corrected chi connectivity index (χ3v) is 11.6. The van der Waals surface area contributed by atoms with Gasteiger partial charge < -0.3 is 41.0 Å². The van der Waals surface area contributed by atoms with Crippen LogP contribution >= 0.6 is 0 Å². The van der Waals surface area contributed by atoms with Gasteiger partial charge in [-0.2, -0.15) is 0 Å². The van der Waals surface area contributed by atoms with Crippen LogP contribution in [0.3, 0.4) is 0 Å². The van der Waals surface area contributed by atoms with Crippen LogP contribution in [0.5, 0.6) is 0 Å². The van der Waals surface area contributed by atoms with Gasteiger partial charge in [-0.25, -0.2) is 19.2 Å². The Balaban J connectivity index is 1.32. The molecule has 60 heavy (non-hydrogen) atoms. The Labute approximate surface area is 342 Å². The Hall–Kier alpha value is -7.86. The highest BCUT2D eigenvalue weighted by molar-refractivity contribution is 5.92. The lowest BCUT2D eigenvalue weighted by atomic mass is 9.95. The first kappa shape index (κ1) is 37.7. The second-order valence-corrected chi connectivity index (χ2v) is 15.1. The predicted octanol–water partition coefficient (Wildman–Crippen LogP) is 6.27. The summed E-state index contributed by atoms with van der Waals surface area (Å²) in [5.41, 5.74) is 11.0. The third-order valence-electron chi connectivity index (χ3n) is 11.6. The molecule has 0 spiro atoms. The van der Waals surface area contributed by atoms with Gasteiger partial charge in [-0.05, 0) is 121 Å². The Morgan fingerprint density at radius 2 is 0.717 bits per heavy atom. The molecule has 9 rings (SSSR count). The number of nitrogens with one attached hydrogen (secondary N) is 4. The number of carboxylic acids is 4. The van der Waals surface area contributed by atoms with Gasteiger partial charge >= 0.3 is 23.9 Å². The van der Waals surface area contributed by atoms with E-state index in [0.29, 0.717) is 25.7 Å². The smallest absolute Gasteiger partial charge is 0.335 e. The summed E-state index contributed by atoms with van der Waals surface area (Å²) in [6.07, 6.45) is 2.65. The average Bonchev–Trinajstić information content (AvgIpc) is 4.10. The number of benzene rings is 4. The SMILES string of the molecule is O=C(O)c1ccc(C2=c3cc/c([nH]3)=C(\c3ccc(C(=O)O)cc3)C3CC/C(=C(\c4ccc(C(=O)O)cc4)c4ccc([nH]4)/C(c4ccc(C(=O)O)cc4)=C4/CCC2N4)N3)cc1. The van der Waals surface area contributed by atoms with Gasteiger partial charge in [-0.1, -0.05) is 48.5 Å². The maximum absolute atomic E-state index is 11.9. The maximum Gasteiger partial charge on any atom is 0.335 e. The van der Waals surface area contributed by atoms with Gasteiger partial charge in [0, 0.05) is 55.8 Å². The van der Waals surface area contributed by atoms with Crippen LogP contribution in [-0.2, 0) is 0 Å². The Morgan fingerprint density at radius 3 is 1.03 bits per heavy atom. The van der Waals surface area contributed by atoms with Crippen LogP contribution in [0.25, 0.3) is 22.3 Å². The van der Waals surface area contributed by atoms with Gasteiger partial charge in [-0.3, -0.25) is 0 Å². The summed E-state index contributed by atoms with van der Waals surface area (Å²) in [5.74, 6) is -4.10. The molecule has 0 aliphatic carbocycles. The van der Waals surface area contributed by atoms with E-state index in [1.807, 2.05) is 48.5 Å². The van der Waals surface area contributed by atoms with Crippen LogP contribution < -0.4 is 21.3 Å². The highest BCUT2D eigenvalue weighted by Crippen LogP contribution is 2.38. The molecule has 12 nitrogen and oxygen atoms in total. The molecular weight excluding hydrogens is 761 g/mol. The van der Waals surface area contributed by atoms with Crippen molar-refractivity contribution >= 4 is 46.2 Å². The molecule has 5 heterocycles. The number of rotatable bonds is 8. The Bertz CT molecular complexity index is 2720. The van der Waals surface area contributed by atoms with Gasteiger partial charge in [0.25, 0.3) is 0 Å². The molecule has 0 saturated carbocycles. The first-order chi connectivity index (χ1) is 29.0. The van der Waals surface area contributed by atoms with Crippen LogP contribution in [-0.4, -0.2) is 66.4 Å². The summed E-state index contributed by atoms with van der Waals surface area (Å²) in [6.45, 7) is 0. The van der Waals surface area contributed by atoms with Crippen molar-refractivity contribution in [2.75, 3.05) is 0 Å². The zero-order valence-corrected chi connectivity index (χ0v) is 32.0. The van der Waals surface area contributed by atoms with Crippen molar-refractivity contribution in [3.05, 3.63) is 199 Å². The number of allylic oxidation sites excluding steroid dienone is 2. The maximum atomic E-state index is 11.9. The normalized spacial score (nSPS) is 20.6. The molecule has 4 aromatic carbocycles. The molecule has 2 fully saturated rings. The number of aromatic carboxylic acids is 4. The van der Waals surface area contributed by atoms with E-state index in [4.69, 9.17) is 0 Å². The van der Waals surface area contributed by atoms with Gasteiger partial charge in [0.1, 0.15) is 0 Å². The lowest BCUT2D eigenvalue weighted by Crippen LogP contribution is -2.31. The van der Waals surface area contributed by atoms with Crippen LogP contribution in [0, 0.1) is 0 Å². The molecule has 2 saturated heterocycles. The Kier molecular flexibility index (Phi) is 9.52. The van der Waals surface area contributed by atoms with Crippen molar-refractivity contribution < 1.29 is 39.6 Å². The fraction of sp³-hybridized carbons (Fsp3) is 0.125. The predicted molar refractivity (Wildman–Crippen MR) is 224 cm³/mol. The summed E-state index contributed by atoms with van der Waals surface area (Å²) in [7, 11) is 0. The van der Waals surface area contributed by atoms with Crippen LogP contribution in [0.2, 0.25) is 0 Å². The molecule has 298 valence electrons. The Morgan fingerprint density at radius 1 is 0.400 bits per heavy atom. The number of carboxylic acid groups (broad SMARTS) is 4. The number of hydrogen-bond donors (Lipinski definition) is 8. The zero-order chi connectivity index (χ0) is 41.7. The monoisotopic (exact) mass is 798 g/mol. The molecule has 2 atom stereocenters. The van der Waals surface area contributed by atoms with Gasteiger partial charge in [0.15, 0.2) is 0 Å². The van der Waals surface area contributed by atoms with E-state index in [1.165, 1.54) is 0 Å². The van der Waals surface area contributed by atoms with Crippen molar-refractivity contribution in [1.29, 1.82) is 0 Å². The standard InChI is InChI=1S/C48H38N4O8/c53-45(54)29-9-1-25(2-10-29)41-33-17-19-35(49-33)42(26-3-11-30(12-4-26)46(55)56)37-21-23-39(51-37)44(28-7-15-32(16-8-28)48(59)60)40-24-22-38(52-40)43(36-20-18-34(41)50-36)27-5-13-31(14-6-27)47(57)58/h1-17,19,22,24,34,37,49-52H,18,20-21,23H2,(H,53,54)(H,55,56)(H,57,58)(H,59,60)/b41-33-,42-35?,43-36-,44-39-. The lowest BCUT2D eigenvalue weighted by molar-refractivity contribution is 0.0686. The van der Waals surface area contributed by atoms with Gasteiger partial charge in [0.05, 0.1) is 34.3 Å². The van der Waals surface area contributed by atoms with Crippen molar-refractivity contribution in [2.45, 2.75) is 37.8 Å². The summed E-state index contributed by atoms with van der Waals surface area (Å²) in [5, 5.41) is 48.1. The number of carbonyl (C=O) groups is 4. The molecule has 2 unspecified atom stereocenters. The van der Waals surface area contributed by atoms with Crippen molar-refractivity contribution in [2.24, 2.45) is 0 Å². The number of aromatic amines is 2. The molecule has 3 aliphatic rings. The topological polar surface area (TPSA) is 205 Å². The summed E-state index contributed by atoms with van der Waals surface area (Å²) in [4.78, 5) is 54.9. The molecule has 0 amide bonds. The van der Waals surface area contributed by atoms with E-state index < -0.39 is 23.9 Å². The highest BCUT2D eigenvalue weighted by atomic mass is 16.4. The van der Waals surface area contributed by atoms with E-state index >= 15 is 0 Å². The molecular formula is C48H38N4O8. The second kappa shape index (κ2) is 15.1.